The molecular formula is C16H22N2O. The molecule has 3 unspecified atom stereocenters. The molecule has 1 fully saturated rings. The number of para-hydroxylation sites is 1. The molecule has 1 saturated heterocycles. The molecule has 3 heteroatoms. The van der Waals surface area contributed by atoms with E-state index in [1.54, 1.807) is 0 Å². The molecule has 3 nitrogen and oxygen atoms in total. The van der Waals surface area contributed by atoms with Gasteiger partial charge in [-0.3, -0.25) is 4.79 Å². The molecule has 2 heterocycles. The lowest BCUT2D eigenvalue weighted by Gasteiger charge is -2.37. The third kappa shape index (κ3) is 2.16. The Morgan fingerprint density at radius 3 is 2.79 bits per heavy atom. The molecule has 1 N–H and O–H groups in total. The maximum absolute atomic E-state index is 12.9. The number of rotatable bonds is 1. The van der Waals surface area contributed by atoms with E-state index in [1.807, 2.05) is 11.0 Å². The van der Waals surface area contributed by atoms with E-state index in [0.717, 1.165) is 31.6 Å². The molecule has 3 atom stereocenters. The van der Waals surface area contributed by atoms with E-state index < -0.39 is 0 Å². The third-order valence-corrected chi connectivity index (χ3v) is 4.60. The van der Waals surface area contributed by atoms with Crippen LogP contribution in [-0.2, 0) is 11.2 Å². The van der Waals surface area contributed by atoms with Crippen LogP contribution in [0.2, 0.25) is 0 Å². The number of carbonyl (C=O) groups is 1. The van der Waals surface area contributed by atoms with Crippen LogP contribution in [0.3, 0.4) is 0 Å². The third-order valence-electron chi connectivity index (χ3n) is 4.60. The van der Waals surface area contributed by atoms with Crippen LogP contribution in [0.5, 0.6) is 0 Å². The van der Waals surface area contributed by atoms with Gasteiger partial charge in [0.1, 0.15) is 0 Å². The van der Waals surface area contributed by atoms with Crippen LogP contribution in [0, 0.1) is 11.8 Å². The van der Waals surface area contributed by atoms with Gasteiger partial charge in [-0.1, -0.05) is 25.1 Å². The summed E-state index contributed by atoms with van der Waals surface area (Å²) in [6, 6.07) is 8.66. The van der Waals surface area contributed by atoms with E-state index in [4.69, 9.17) is 0 Å². The van der Waals surface area contributed by atoms with Gasteiger partial charge in [-0.25, -0.2) is 0 Å². The fourth-order valence-corrected chi connectivity index (χ4v) is 3.34. The number of fused-ring (bicyclic) bond motifs is 1. The number of nitrogens with one attached hydrogen (secondary N) is 1. The van der Waals surface area contributed by atoms with Crippen molar-refractivity contribution in [2.24, 2.45) is 11.8 Å². The summed E-state index contributed by atoms with van der Waals surface area (Å²) >= 11 is 0. The van der Waals surface area contributed by atoms with E-state index in [-0.39, 0.29) is 5.92 Å². The van der Waals surface area contributed by atoms with E-state index in [2.05, 4.69) is 37.4 Å². The number of hydrogen-bond acceptors (Lipinski definition) is 2. The Kier molecular flexibility index (Phi) is 3.31. The van der Waals surface area contributed by atoms with Crippen molar-refractivity contribution in [2.75, 3.05) is 18.0 Å². The van der Waals surface area contributed by atoms with Crippen LogP contribution in [0.15, 0.2) is 24.3 Å². The van der Waals surface area contributed by atoms with Crippen LogP contribution in [0.4, 0.5) is 5.69 Å². The molecule has 1 aromatic carbocycles. The minimum absolute atomic E-state index is 0.133. The summed E-state index contributed by atoms with van der Waals surface area (Å²) in [6.07, 6.45) is 2.15. The summed E-state index contributed by atoms with van der Waals surface area (Å²) in [4.78, 5) is 14.9. The van der Waals surface area contributed by atoms with Crippen molar-refractivity contribution in [3.63, 3.8) is 0 Å². The van der Waals surface area contributed by atoms with Gasteiger partial charge in [-0.15, -0.1) is 0 Å². The van der Waals surface area contributed by atoms with Crippen molar-refractivity contribution >= 4 is 11.6 Å². The second-order valence-corrected chi connectivity index (χ2v) is 5.97. The predicted octanol–water partition coefficient (Wildman–Crippen LogP) is 2.21. The Labute approximate surface area is 115 Å². The smallest absolute Gasteiger partial charge is 0.231 e. The number of aryl methyl sites for hydroxylation is 1. The Bertz CT molecular complexity index is 485. The van der Waals surface area contributed by atoms with Gasteiger partial charge in [0, 0.05) is 18.3 Å². The molecule has 0 saturated carbocycles. The van der Waals surface area contributed by atoms with Crippen molar-refractivity contribution < 1.29 is 4.79 Å². The molecule has 2 aliphatic rings. The SMILES string of the molecule is CC1CNCC1C(=O)N1c2ccccc2CCC1C. The standard InChI is InChI=1S/C16H22N2O/c1-11-9-17-10-14(11)16(19)18-12(2)7-8-13-5-3-4-6-15(13)18/h3-6,11-12,14,17H,7-10H2,1-2H3. The topological polar surface area (TPSA) is 32.3 Å². The first-order valence-electron chi connectivity index (χ1n) is 7.30. The maximum atomic E-state index is 12.9. The first-order chi connectivity index (χ1) is 9.18. The van der Waals surface area contributed by atoms with Crippen molar-refractivity contribution in [3.8, 4) is 0 Å². The Balaban J connectivity index is 1.93. The second kappa shape index (κ2) is 4.97. The van der Waals surface area contributed by atoms with Gasteiger partial charge in [0.05, 0.1) is 5.92 Å². The van der Waals surface area contributed by atoms with Gasteiger partial charge >= 0.3 is 0 Å². The number of hydrogen-bond donors (Lipinski definition) is 1. The maximum Gasteiger partial charge on any atom is 0.231 e. The van der Waals surface area contributed by atoms with Gasteiger partial charge in [0.2, 0.25) is 5.91 Å². The van der Waals surface area contributed by atoms with Crippen LogP contribution >= 0.6 is 0 Å². The molecule has 3 rings (SSSR count). The lowest BCUT2D eigenvalue weighted by Crippen LogP contribution is -2.46. The van der Waals surface area contributed by atoms with Gasteiger partial charge < -0.3 is 10.2 Å². The molecule has 0 aliphatic carbocycles. The van der Waals surface area contributed by atoms with Crippen LogP contribution in [-0.4, -0.2) is 25.0 Å². The molecule has 0 radical (unpaired) electrons. The van der Waals surface area contributed by atoms with Crippen LogP contribution in [0.25, 0.3) is 0 Å². The normalized spacial score (nSPS) is 30.2. The highest BCUT2D eigenvalue weighted by molar-refractivity contribution is 5.97. The predicted molar refractivity (Wildman–Crippen MR) is 77.2 cm³/mol. The van der Waals surface area contributed by atoms with Crippen molar-refractivity contribution in [2.45, 2.75) is 32.7 Å². The first-order valence-corrected chi connectivity index (χ1v) is 7.30. The lowest BCUT2D eigenvalue weighted by atomic mass is 9.91. The zero-order valence-corrected chi connectivity index (χ0v) is 11.7. The average molecular weight is 258 g/mol. The van der Waals surface area contributed by atoms with Gasteiger partial charge in [0.15, 0.2) is 0 Å². The summed E-state index contributed by atoms with van der Waals surface area (Å²) < 4.78 is 0. The van der Waals surface area contributed by atoms with Crippen LogP contribution in [0.1, 0.15) is 25.8 Å². The Morgan fingerprint density at radius 2 is 2.05 bits per heavy atom. The summed E-state index contributed by atoms with van der Waals surface area (Å²) in [5.41, 5.74) is 2.44. The van der Waals surface area contributed by atoms with Gasteiger partial charge in [0.25, 0.3) is 0 Å². The van der Waals surface area contributed by atoms with E-state index in [0.29, 0.717) is 17.9 Å². The minimum Gasteiger partial charge on any atom is -0.316 e. The van der Waals surface area contributed by atoms with E-state index in [9.17, 15) is 4.79 Å². The molecular weight excluding hydrogens is 236 g/mol. The summed E-state index contributed by atoms with van der Waals surface area (Å²) in [7, 11) is 0. The molecule has 0 spiro atoms. The van der Waals surface area contributed by atoms with Crippen molar-refractivity contribution in [3.05, 3.63) is 29.8 Å². The highest BCUT2D eigenvalue weighted by atomic mass is 16.2. The average Bonchev–Trinajstić information content (AvgIpc) is 2.84. The number of amides is 1. The molecule has 1 aromatic rings. The molecule has 2 aliphatic heterocycles. The fourth-order valence-electron chi connectivity index (χ4n) is 3.34. The van der Waals surface area contributed by atoms with Crippen molar-refractivity contribution in [1.82, 2.24) is 5.32 Å². The molecule has 1 amide bonds. The Hall–Kier alpha value is -1.35. The largest absolute Gasteiger partial charge is 0.316 e. The molecule has 102 valence electrons. The second-order valence-electron chi connectivity index (χ2n) is 5.97. The number of carbonyl (C=O) groups excluding carboxylic acids is 1. The van der Waals surface area contributed by atoms with E-state index >= 15 is 0 Å². The van der Waals surface area contributed by atoms with Gasteiger partial charge in [-0.2, -0.15) is 0 Å². The zero-order valence-electron chi connectivity index (χ0n) is 11.7. The Morgan fingerprint density at radius 1 is 1.26 bits per heavy atom. The summed E-state index contributed by atoms with van der Waals surface area (Å²) in [5, 5.41) is 3.33. The first kappa shape index (κ1) is 12.7. The van der Waals surface area contributed by atoms with Crippen molar-refractivity contribution in [1.29, 1.82) is 0 Å². The van der Waals surface area contributed by atoms with Gasteiger partial charge in [-0.05, 0) is 43.9 Å². The highest BCUT2D eigenvalue weighted by Gasteiger charge is 2.37. The lowest BCUT2D eigenvalue weighted by molar-refractivity contribution is -0.123. The quantitative estimate of drug-likeness (QED) is 0.837. The number of benzene rings is 1. The number of anilines is 1. The van der Waals surface area contributed by atoms with E-state index in [1.165, 1.54) is 5.56 Å². The highest BCUT2D eigenvalue weighted by Crippen LogP contribution is 2.33. The fraction of sp³-hybridized carbons (Fsp3) is 0.562. The summed E-state index contributed by atoms with van der Waals surface area (Å²) in [5.74, 6) is 0.875. The van der Waals surface area contributed by atoms with Crippen LogP contribution < -0.4 is 10.2 Å². The molecule has 0 bridgehead atoms. The minimum atomic E-state index is 0.133. The monoisotopic (exact) mass is 258 g/mol. The molecule has 0 aromatic heterocycles. The zero-order chi connectivity index (χ0) is 13.4. The summed E-state index contributed by atoms with van der Waals surface area (Å²) in [6.45, 7) is 6.12. The molecule has 19 heavy (non-hydrogen) atoms. The number of nitrogens with zero attached hydrogens (tertiary/aromatic N) is 1.